The van der Waals surface area contributed by atoms with Gasteiger partial charge >= 0.3 is 0 Å². The first-order valence-electron chi connectivity index (χ1n) is 10.1. The number of likely N-dealkylation sites (tertiary alicyclic amines) is 1. The minimum Gasteiger partial charge on any atom is -0.276 e. The minimum atomic E-state index is -3.59. The molecule has 5 rings (SSSR count). The van der Waals surface area contributed by atoms with Gasteiger partial charge in [0.1, 0.15) is 0 Å². The van der Waals surface area contributed by atoms with E-state index in [1.54, 1.807) is 6.07 Å². The lowest BCUT2D eigenvalue weighted by Crippen LogP contribution is -2.62. The van der Waals surface area contributed by atoms with Crippen LogP contribution in [0.15, 0.2) is 35.2 Å². The molecule has 2 aliphatic heterocycles. The van der Waals surface area contributed by atoms with Crippen molar-refractivity contribution in [3.05, 3.63) is 41.5 Å². The zero-order chi connectivity index (χ0) is 19.5. The van der Waals surface area contributed by atoms with Crippen LogP contribution < -0.4 is 0 Å². The summed E-state index contributed by atoms with van der Waals surface area (Å²) in [6.07, 6.45) is 9.33. The summed E-state index contributed by atoms with van der Waals surface area (Å²) in [5.74, 6) is -0.780. The number of carbonyl (C=O) groups excluding carboxylic acids is 2. The number of nitrogens with zero attached hydrogens (tertiary/aromatic N) is 2. The summed E-state index contributed by atoms with van der Waals surface area (Å²) in [5, 5.41) is 0. The summed E-state index contributed by atoms with van der Waals surface area (Å²) < 4.78 is 27.4. The van der Waals surface area contributed by atoms with Gasteiger partial charge in [0.15, 0.2) is 0 Å². The van der Waals surface area contributed by atoms with Crippen LogP contribution >= 0.6 is 0 Å². The number of allylic oxidation sites excluding steroid dienone is 2. The highest BCUT2D eigenvalue weighted by atomic mass is 32.2. The first-order valence-corrected chi connectivity index (χ1v) is 11.5. The van der Waals surface area contributed by atoms with Crippen molar-refractivity contribution in [3.63, 3.8) is 0 Å². The average molecular weight is 401 g/mol. The van der Waals surface area contributed by atoms with E-state index >= 15 is 0 Å². The number of benzene rings is 1. The lowest BCUT2D eigenvalue weighted by Gasteiger charge is -2.42. The van der Waals surface area contributed by atoms with E-state index in [2.05, 4.69) is 0 Å². The van der Waals surface area contributed by atoms with Gasteiger partial charge in [0.05, 0.1) is 22.8 Å². The molecule has 0 radical (unpaired) electrons. The fraction of sp³-hybridized carbons (Fsp3) is 0.524. The Kier molecular flexibility index (Phi) is 4.21. The lowest BCUT2D eigenvalue weighted by molar-refractivity contribution is -0.145. The molecule has 2 fully saturated rings. The molecule has 2 atom stereocenters. The second-order valence-electron chi connectivity index (χ2n) is 8.32. The molecule has 6 nitrogen and oxygen atoms in total. The Balaban J connectivity index is 1.31. The van der Waals surface area contributed by atoms with E-state index in [9.17, 15) is 18.0 Å². The van der Waals surface area contributed by atoms with E-state index in [0.717, 1.165) is 31.2 Å². The fourth-order valence-corrected chi connectivity index (χ4v) is 6.55. The number of hydrogen-bond donors (Lipinski definition) is 0. The minimum absolute atomic E-state index is 0.129. The van der Waals surface area contributed by atoms with Crippen LogP contribution in [0, 0.1) is 11.8 Å². The van der Waals surface area contributed by atoms with Crippen molar-refractivity contribution in [1.82, 2.24) is 9.21 Å². The summed E-state index contributed by atoms with van der Waals surface area (Å²) in [6.45, 7) is 0.396. The molecular weight excluding hydrogens is 376 g/mol. The zero-order valence-corrected chi connectivity index (χ0v) is 16.5. The predicted molar refractivity (Wildman–Crippen MR) is 103 cm³/mol. The molecule has 2 heterocycles. The number of rotatable bonds is 3. The molecule has 2 aliphatic carbocycles. The molecular formula is C21H24N2O4S. The van der Waals surface area contributed by atoms with Crippen LogP contribution in [0.2, 0.25) is 0 Å². The second kappa shape index (κ2) is 6.52. The Labute approximate surface area is 165 Å². The molecule has 1 aromatic rings. The third-order valence-corrected chi connectivity index (χ3v) is 8.52. The number of aryl methyl sites for hydroxylation is 2. The topological polar surface area (TPSA) is 74.8 Å². The lowest BCUT2D eigenvalue weighted by atomic mass is 9.85. The monoisotopic (exact) mass is 400 g/mol. The van der Waals surface area contributed by atoms with E-state index in [4.69, 9.17) is 0 Å². The molecule has 148 valence electrons. The van der Waals surface area contributed by atoms with Gasteiger partial charge in [-0.1, -0.05) is 18.2 Å². The molecule has 1 aromatic carbocycles. The van der Waals surface area contributed by atoms with Crippen molar-refractivity contribution in [1.29, 1.82) is 0 Å². The Morgan fingerprint density at radius 2 is 1.46 bits per heavy atom. The third-order valence-electron chi connectivity index (χ3n) is 6.69. The smallest absolute Gasteiger partial charge is 0.243 e. The maximum Gasteiger partial charge on any atom is 0.243 e. The van der Waals surface area contributed by atoms with Crippen LogP contribution in [0.25, 0.3) is 0 Å². The van der Waals surface area contributed by atoms with Gasteiger partial charge in [-0.25, -0.2) is 8.42 Å². The molecule has 0 aromatic heterocycles. The zero-order valence-electron chi connectivity index (χ0n) is 15.7. The molecule has 0 spiro atoms. The number of carbonyl (C=O) groups is 2. The summed E-state index contributed by atoms with van der Waals surface area (Å²) in [4.78, 5) is 27.0. The molecule has 4 aliphatic rings. The largest absolute Gasteiger partial charge is 0.276 e. The average Bonchev–Trinajstić information content (AvgIpc) is 2.92. The number of imide groups is 1. The molecule has 7 heteroatoms. The molecule has 2 saturated heterocycles. The van der Waals surface area contributed by atoms with Crippen LogP contribution in [-0.4, -0.2) is 48.6 Å². The standard InChI is InChI=1S/C21H24N2O4S/c24-20-18-7-3-4-8-19(18)21(25)23(20)16-12-22(13-16)28(26,27)17-10-9-14-5-1-2-6-15(14)11-17/h3-4,9-11,16,18-19H,1-2,5-8,12-13H2. The highest BCUT2D eigenvalue weighted by molar-refractivity contribution is 7.89. The van der Waals surface area contributed by atoms with Gasteiger partial charge in [-0.2, -0.15) is 4.31 Å². The Morgan fingerprint density at radius 3 is 2.11 bits per heavy atom. The SMILES string of the molecule is O=C1C2CC=CCC2C(=O)N1C1CN(S(=O)(=O)c2ccc3c(c2)CCCC3)C1. The van der Waals surface area contributed by atoms with Gasteiger partial charge in [0.2, 0.25) is 21.8 Å². The van der Waals surface area contributed by atoms with Gasteiger partial charge in [-0.05, 0) is 61.8 Å². The van der Waals surface area contributed by atoms with Crippen molar-refractivity contribution in [3.8, 4) is 0 Å². The van der Waals surface area contributed by atoms with Crippen molar-refractivity contribution in [2.45, 2.75) is 49.5 Å². The van der Waals surface area contributed by atoms with E-state index in [1.165, 1.54) is 14.8 Å². The van der Waals surface area contributed by atoms with E-state index in [-0.39, 0.29) is 42.8 Å². The molecule has 0 bridgehead atoms. The molecule has 0 saturated carbocycles. The maximum absolute atomic E-state index is 13.0. The fourth-order valence-electron chi connectivity index (χ4n) is 4.98. The van der Waals surface area contributed by atoms with Crippen molar-refractivity contribution in [2.75, 3.05) is 13.1 Å². The second-order valence-corrected chi connectivity index (χ2v) is 10.3. The van der Waals surface area contributed by atoms with E-state index in [0.29, 0.717) is 17.7 Å². The first kappa shape index (κ1) is 18.1. The van der Waals surface area contributed by atoms with Crippen molar-refractivity contribution < 1.29 is 18.0 Å². The maximum atomic E-state index is 13.0. The van der Waals surface area contributed by atoms with Gasteiger partial charge in [0.25, 0.3) is 0 Å². The molecule has 0 N–H and O–H groups in total. The summed E-state index contributed by atoms with van der Waals surface area (Å²) in [5.41, 5.74) is 2.38. The van der Waals surface area contributed by atoms with E-state index < -0.39 is 10.0 Å². The van der Waals surface area contributed by atoms with Crippen LogP contribution in [-0.2, 0) is 32.5 Å². The Hall–Kier alpha value is -1.99. The predicted octanol–water partition coefficient (Wildman–Crippen LogP) is 1.89. The summed E-state index contributed by atoms with van der Waals surface area (Å²) >= 11 is 0. The van der Waals surface area contributed by atoms with Crippen LogP contribution in [0.4, 0.5) is 0 Å². The van der Waals surface area contributed by atoms with Crippen LogP contribution in [0.3, 0.4) is 0 Å². The van der Waals surface area contributed by atoms with Crippen LogP contribution in [0.5, 0.6) is 0 Å². The van der Waals surface area contributed by atoms with Gasteiger partial charge < -0.3 is 0 Å². The quantitative estimate of drug-likeness (QED) is 0.574. The Morgan fingerprint density at radius 1 is 0.857 bits per heavy atom. The van der Waals surface area contributed by atoms with Crippen LogP contribution in [0.1, 0.15) is 36.8 Å². The summed E-state index contributed by atoms with van der Waals surface area (Å²) in [7, 11) is -3.59. The van der Waals surface area contributed by atoms with Gasteiger partial charge in [-0.3, -0.25) is 14.5 Å². The first-order chi connectivity index (χ1) is 13.5. The molecule has 2 amide bonds. The Bertz CT molecular complexity index is 952. The van der Waals surface area contributed by atoms with Crippen molar-refractivity contribution in [2.24, 2.45) is 11.8 Å². The third kappa shape index (κ3) is 2.67. The number of hydrogen-bond acceptors (Lipinski definition) is 4. The normalized spacial score (nSPS) is 28.2. The van der Waals surface area contributed by atoms with E-state index in [1.807, 2.05) is 24.3 Å². The summed E-state index contributed by atoms with van der Waals surface area (Å²) in [6, 6.07) is 5.10. The number of amides is 2. The highest BCUT2D eigenvalue weighted by Crippen LogP contribution is 2.38. The molecule has 2 unspecified atom stereocenters. The van der Waals surface area contributed by atoms with Gasteiger partial charge in [-0.15, -0.1) is 0 Å². The number of sulfonamides is 1. The molecule has 28 heavy (non-hydrogen) atoms. The van der Waals surface area contributed by atoms with Crippen molar-refractivity contribution >= 4 is 21.8 Å². The highest BCUT2D eigenvalue weighted by Gasteiger charge is 2.53. The number of fused-ring (bicyclic) bond motifs is 2. The van der Waals surface area contributed by atoms with Gasteiger partial charge in [0, 0.05) is 13.1 Å².